The van der Waals surface area contributed by atoms with E-state index in [-0.39, 0.29) is 0 Å². The van der Waals surface area contributed by atoms with Gasteiger partial charge in [0.2, 0.25) is 10.0 Å². The first-order valence-electron chi connectivity index (χ1n) is 6.58. The quantitative estimate of drug-likeness (QED) is 0.886. The third-order valence-electron chi connectivity index (χ3n) is 3.51. The molecule has 108 valence electrons. The average Bonchev–Trinajstić information content (AvgIpc) is 2.37. The first kappa shape index (κ1) is 15.0. The van der Waals surface area contributed by atoms with Crippen molar-refractivity contribution >= 4 is 10.0 Å². The molecule has 0 amide bonds. The smallest absolute Gasteiger partial charge is 0.244 e. The summed E-state index contributed by atoms with van der Waals surface area (Å²) in [5.74, 6) is 0. The molecular formula is C14H19N3O2S. The maximum Gasteiger partial charge on any atom is 0.244 e. The van der Waals surface area contributed by atoms with E-state index in [0.717, 1.165) is 16.7 Å². The molecule has 20 heavy (non-hydrogen) atoms. The zero-order valence-electron chi connectivity index (χ0n) is 12.0. The molecule has 1 N–H and O–H groups in total. The molecule has 1 saturated heterocycles. The van der Waals surface area contributed by atoms with Gasteiger partial charge in [-0.3, -0.25) is 0 Å². The van der Waals surface area contributed by atoms with Crippen LogP contribution >= 0.6 is 0 Å². The zero-order chi connectivity index (χ0) is 14.9. The van der Waals surface area contributed by atoms with Crippen molar-refractivity contribution < 1.29 is 8.42 Å². The number of benzene rings is 1. The molecule has 1 aliphatic heterocycles. The largest absolute Gasteiger partial charge is 0.313 e. The van der Waals surface area contributed by atoms with Crippen molar-refractivity contribution in [2.24, 2.45) is 0 Å². The van der Waals surface area contributed by atoms with Crippen LogP contribution in [0.1, 0.15) is 16.7 Å². The van der Waals surface area contributed by atoms with Gasteiger partial charge in [-0.15, -0.1) is 0 Å². The van der Waals surface area contributed by atoms with Crippen LogP contribution in [-0.4, -0.2) is 38.4 Å². The fraction of sp³-hybridized carbons (Fsp3) is 0.500. The van der Waals surface area contributed by atoms with E-state index >= 15 is 0 Å². The summed E-state index contributed by atoms with van der Waals surface area (Å²) in [6.07, 6.45) is 0. The van der Waals surface area contributed by atoms with E-state index in [2.05, 4.69) is 11.4 Å². The van der Waals surface area contributed by atoms with Crippen LogP contribution in [0.15, 0.2) is 17.0 Å². The number of aryl methyl sites for hydroxylation is 3. The molecule has 0 bridgehead atoms. The van der Waals surface area contributed by atoms with Crippen LogP contribution in [0.25, 0.3) is 0 Å². The van der Waals surface area contributed by atoms with Gasteiger partial charge in [-0.05, 0) is 31.9 Å². The summed E-state index contributed by atoms with van der Waals surface area (Å²) in [6.45, 7) is 6.82. The van der Waals surface area contributed by atoms with Crippen molar-refractivity contribution in [1.82, 2.24) is 9.62 Å². The van der Waals surface area contributed by atoms with Gasteiger partial charge in [0.15, 0.2) is 0 Å². The number of nitrogens with zero attached hydrogens (tertiary/aromatic N) is 2. The highest BCUT2D eigenvalue weighted by Gasteiger charge is 2.35. The predicted octanol–water partition coefficient (Wildman–Crippen LogP) is 1.10. The number of piperazine rings is 1. The fourth-order valence-corrected chi connectivity index (χ4v) is 4.73. The Kier molecular flexibility index (Phi) is 4.14. The lowest BCUT2D eigenvalue weighted by molar-refractivity contribution is 0.311. The maximum absolute atomic E-state index is 12.9. The molecule has 5 nitrogen and oxygen atoms in total. The predicted molar refractivity (Wildman–Crippen MR) is 76.8 cm³/mol. The Morgan fingerprint density at radius 2 is 1.90 bits per heavy atom. The minimum Gasteiger partial charge on any atom is -0.313 e. The minimum absolute atomic E-state index is 0.327. The Morgan fingerprint density at radius 3 is 2.45 bits per heavy atom. The van der Waals surface area contributed by atoms with Crippen molar-refractivity contribution in [3.8, 4) is 6.07 Å². The second-order valence-corrected chi connectivity index (χ2v) is 7.02. The first-order valence-corrected chi connectivity index (χ1v) is 8.02. The van der Waals surface area contributed by atoms with Crippen molar-refractivity contribution in [3.63, 3.8) is 0 Å². The third kappa shape index (κ3) is 2.57. The summed E-state index contributed by atoms with van der Waals surface area (Å²) in [6, 6.07) is 5.15. The molecule has 1 aromatic carbocycles. The molecule has 0 saturated carbocycles. The van der Waals surface area contributed by atoms with E-state index in [0.29, 0.717) is 24.5 Å². The highest BCUT2D eigenvalue weighted by molar-refractivity contribution is 7.89. The van der Waals surface area contributed by atoms with Crippen LogP contribution < -0.4 is 5.32 Å². The van der Waals surface area contributed by atoms with Crippen LogP contribution in [0.2, 0.25) is 0 Å². The maximum atomic E-state index is 12.9. The van der Waals surface area contributed by atoms with Gasteiger partial charge >= 0.3 is 0 Å². The number of rotatable bonds is 2. The molecule has 2 rings (SSSR count). The number of nitrogens with one attached hydrogen (secondary N) is 1. The number of hydrogen-bond acceptors (Lipinski definition) is 4. The Labute approximate surface area is 120 Å². The van der Waals surface area contributed by atoms with Crippen molar-refractivity contribution in [1.29, 1.82) is 5.26 Å². The molecule has 1 atom stereocenters. The standard InChI is InChI=1S/C14H19N3O2S/c1-10-6-11(2)14(12(3)7-10)20(18,19)17-5-4-16-9-13(17)8-15/h6-7,13,16H,4-5,9H2,1-3H3. The van der Waals surface area contributed by atoms with E-state index in [1.54, 1.807) is 13.8 Å². The monoisotopic (exact) mass is 293 g/mol. The van der Waals surface area contributed by atoms with E-state index in [1.807, 2.05) is 19.1 Å². The summed E-state index contributed by atoms with van der Waals surface area (Å²) in [5.41, 5.74) is 2.51. The lowest BCUT2D eigenvalue weighted by Gasteiger charge is -2.31. The summed E-state index contributed by atoms with van der Waals surface area (Å²) in [4.78, 5) is 0.338. The summed E-state index contributed by atoms with van der Waals surface area (Å²) in [5, 5.41) is 12.2. The molecule has 1 aromatic rings. The van der Waals surface area contributed by atoms with Gasteiger partial charge in [0, 0.05) is 19.6 Å². The van der Waals surface area contributed by atoms with Crippen LogP contribution in [-0.2, 0) is 10.0 Å². The lowest BCUT2D eigenvalue weighted by Crippen LogP contribution is -2.53. The van der Waals surface area contributed by atoms with Crippen LogP contribution in [0.4, 0.5) is 0 Å². The summed E-state index contributed by atoms with van der Waals surface area (Å²) in [7, 11) is -3.63. The van der Waals surface area contributed by atoms with E-state index < -0.39 is 16.1 Å². The fourth-order valence-electron chi connectivity index (χ4n) is 2.77. The van der Waals surface area contributed by atoms with E-state index in [9.17, 15) is 8.42 Å². The Balaban J connectivity index is 2.53. The highest BCUT2D eigenvalue weighted by Crippen LogP contribution is 2.26. The van der Waals surface area contributed by atoms with Gasteiger partial charge in [-0.2, -0.15) is 9.57 Å². The molecule has 6 heteroatoms. The normalized spacial score (nSPS) is 20.6. The summed E-state index contributed by atoms with van der Waals surface area (Å²) < 4.78 is 27.0. The van der Waals surface area contributed by atoms with E-state index in [4.69, 9.17) is 5.26 Å². The van der Waals surface area contributed by atoms with Gasteiger partial charge < -0.3 is 5.32 Å². The van der Waals surface area contributed by atoms with Gasteiger partial charge in [0.05, 0.1) is 11.0 Å². The highest BCUT2D eigenvalue weighted by atomic mass is 32.2. The molecule has 1 unspecified atom stereocenters. The topological polar surface area (TPSA) is 73.2 Å². The van der Waals surface area contributed by atoms with Gasteiger partial charge in [0.1, 0.15) is 6.04 Å². The Morgan fingerprint density at radius 1 is 1.30 bits per heavy atom. The SMILES string of the molecule is Cc1cc(C)c(S(=O)(=O)N2CCNCC2C#N)c(C)c1. The minimum atomic E-state index is -3.63. The van der Waals surface area contributed by atoms with Crippen molar-refractivity contribution in [2.45, 2.75) is 31.7 Å². The number of nitriles is 1. The number of sulfonamides is 1. The van der Waals surface area contributed by atoms with Crippen LogP contribution in [0.3, 0.4) is 0 Å². The van der Waals surface area contributed by atoms with Gasteiger partial charge in [-0.25, -0.2) is 8.42 Å². The molecule has 1 fully saturated rings. The molecule has 1 aliphatic rings. The molecule has 0 aromatic heterocycles. The van der Waals surface area contributed by atoms with E-state index in [1.165, 1.54) is 4.31 Å². The van der Waals surface area contributed by atoms with Crippen molar-refractivity contribution in [3.05, 3.63) is 28.8 Å². The third-order valence-corrected chi connectivity index (χ3v) is 5.73. The first-order chi connectivity index (χ1) is 9.37. The molecule has 0 aliphatic carbocycles. The molecule has 0 radical (unpaired) electrons. The zero-order valence-corrected chi connectivity index (χ0v) is 12.8. The number of hydrogen-bond donors (Lipinski definition) is 1. The second kappa shape index (κ2) is 5.52. The summed E-state index contributed by atoms with van der Waals surface area (Å²) >= 11 is 0. The van der Waals surface area contributed by atoms with Crippen LogP contribution in [0, 0.1) is 32.1 Å². The second-order valence-electron chi connectivity index (χ2n) is 5.19. The van der Waals surface area contributed by atoms with Gasteiger partial charge in [-0.1, -0.05) is 17.7 Å². The average molecular weight is 293 g/mol. The molecule has 1 heterocycles. The molecule has 0 spiro atoms. The Hall–Kier alpha value is -1.42. The molecular weight excluding hydrogens is 274 g/mol. The lowest BCUT2D eigenvalue weighted by atomic mass is 10.1. The van der Waals surface area contributed by atoms with Crippen LogP contribution in [0.5, 0.6) is 0 Å². The van der Waals surface area contributed by atoms with Gasteiger partial charge in [0.25, 0.3) is 0 Å². The Bertz CT molecular complexity index is 638. The van der Waals surface area contributed by atoms with Crippen molar-refractivity contribution in [2.75, 3.05) is 19.6 Å².